The van der Waals surface area contributed by atoms with E-state index in [0.717, 1.165) is 35.5 Å². The molecule has 2 aromatic heterocycles. The minimum Gasteiger partial charge on any atom is -0.439 e. The topological polar surface area (TPSA) is 59.9 Å². The SMILES string of the molecule is CCc1ncc(CNCc2cccnc2Oc2cccc(C(F)(F)F)c2)cn1. The zero-order valence-corrected chi connectivity index (χ0v) is 15.2. The fraction of sp³-hybridized carbons (Fsp3) is 0.250. The third kappa shape index (κ3) is 5.26. The molecule has 0 aliphatic heterocycles. The molecule has 146 valence electrons. The molecule has 0 fully saturated rings. The van der Waals surface area contributed by atoms with Crippen molar-refractivity contribution in [3.8, 4) is 11.6 Å². The van der Waals surface area contributed by atoms with E-state index in [9.17, 15) is 13.2 Å². The largest absolute Gasteiger partial charge is 0.439 e. The summed E-state index contributed by atoms with van der Waals surface area (Å²) in [5.74, 6) is 1.12. The Labute approximate surface area is 160 Å². The van der Waals surface area contributed by atoms with Crippen molar-refractivity contribution in [3.63, 3.8) is 0 Å². The lowest BCUT2D eigenvalue weighted by Crippen LogP contribution is -2.14. The highest BCUT2D eigenvalue weighted by Crippen LogP contribution is 2.32. The molecule has 0 saturated heterocycles. The average Bonchev–Trinajstić information content (AvgIpc) is 2.69. The van der Waals surface area contributed by atoms with Gasteiger partial charge in [0.05, 0.1) is 5.56 Å². The van der Waals surface area contributed by atoms with Gasteiger partial charge in [0.1, 0.15) is 11.6 Å². The molecule has 1 N–H and O–H groups in total. The van der Waals surface area contributed by atoms with Gasteiger partial charge in [-0.15, -0.1) is 0 Å². The van der Waals surface area contributed by atoms with E-state index < -0.39 is 11.7 Å². The smallest absolute Gasteiger partial charge is 0.416 e. The first-order valence-corrected chi connectivity index (χ1v) is 8.75. The van der Waals surface area contributed by atoms with Gasteiger partial charge in [-0.25, -0.2) is 15.0 Å². The Morgan fingerprint density at radius 2 is 1.79 bits per heavy atom. The van der Waals surface area contributed by atoms with E-state index in [-0.39, 0.29) is 11.6 Å². The summed E-state index contributed by atoms with van der Waals surface area (Å²) in [5.41, 5.74) is 0.892. The van der Waals surface area contributed by atoms with E-state index in [1.165, 1.54) is 18.3 Å². The number of alkyl halides is 3. The maximum absolute atomic E-state index is 12.9. The molecule has 0 spiro atoms. The zero-order valence-electron chi connectivity index (χ0n) is 15.2. The highest BCUT2D eigenvalue weighted by molar-refractivity contribution is 5.35. The van der Waals surface area contributed by atoms with Crippen molar-refractivity contribution in [2.45, 2.75) is 32.6 Å². The molecule has 0 unspecified atom stereocenters. The number of aromatic nitrogens is 3. The quantitative estimate of drug-likeness (QED) is 0.644. The maximum atomic E-state index is 12.9. The highest BCUT2D eigenvalue weighted by Gasteiger charge is 2.30. The van der Waals surface area contributed by atoms with Crippen molar-refractivity contribution in [3.05, 3.63) is 77.5 Å². The molecule has 2 heterocycles. The number of benzene rings is 1. The Kier molecular flexibility index (Phi) is 6.20. The van der Waals surface area contributed by atoms with Gasteiger partial charge in [-0.3, -0.25) is 0 Å². The number of nitrogens with zero attached hydrogens (tertiary/aromatic N) is 3. The first-order chi connectivity index (χ1) is 13.5. The summed E-state index contributed by atoms with van der Waals surface area (Å²) >= 11 is 0. The second-order valence-corrected chi connectivity index (χ2v) is 6.06. The van der Waals surface area contributed by atoms with E-state index in [1.54, 1.807) is 24.5 Å². The van der Waals surface area contributed by atoms with Crippen LogP contribution in [0.25, 0.3) is 0 Å². The molecule has 5 nitrogen and oxygen atoms in total. The molecule has 0 aliphatic rings. The minimum atomic E-state index is -4.43. The second-order valence-electron chi connectivity index (χ2n) is 6.06. The van der Waals surface area contributed by atoms with Crippen molar-refractivity contribution in [1.29, 1.82) is 0 Å². The molecule has 0 atom stereocenters. The number of rotatable bonds is 7. The van der Waals surface area contributed by atoms with Gasteiger partial charge < -0.3 is 10.1 Å². The lowest BCUT2D eigenvalue weighted by molar-refractivity contribution is -0.137. The Bertz CT molecular complexity index is 914. The predicted octanol–water partition coefficient (Wildman–Crippen LogP) is 4.53. The third-order valence-corrected chi connectivity index (χ3v) is 3.95. The Balaban J connectivity index is 1.66. The first-order valence-electron chi connectivity index (χ1n) is 8.75. The van der Waals surface area contributed by atoms with Crippen molar-refractivity contribution in [2.24, 2.45) is 0 Å². The van der Waals surface area contributed by atoms with Gasteiger partial charge >= 0.3 is 6.18 Å². The molecule has 1 aromatic carbocycles. The van der Waals surface area contributed by atoms with E-state index in [1.807, 2.05) is 6.92 Å². The molecule has 0 aliphatic carbocycles. The highest BCUT2D eigenvalue weighted by atomic mass is 19.4. The van der Waals surface area contributed by atoms with Gasteiger partial charge in [0, 0.05) is 49.2 Å². The van der Waals surface area contributed by atoms with Crippen LogP contribution in [0.4, 0.5) is 13.2 Å². The lowest BCUT2D eigenvalue weighted by atomic mass is 10.2. The maximum Gasteiger partial charge on any atom is 0.416 e. The molecule has 8 heteroatoms. The number of hydrogen-bond acceptors (Lipinski definition) is 5. The number of hydrogen-bond donors (Lipinski definition) is 1. The van der Waals surface area contributed by atoms with Crippen LogP contribution in [-0.4, -0.2) is 15.0 Å². The van der Waals surface area contributed by atoms with Crippen LogP contribution in [-0.2, 0) is 25.7 Å². The van der Waals surface area contributed by atoms with Gasteiger partial charge in [0.2, 0.25) is 5.88 Å². The standard InChI is InChI=1S/C20H19F3N4O/c1-2-18-26-11-14(12-27-18)10-24-13-15-5-4-8-25-19(15)28-17-7-3-6-16(9-17)20(21,22)23/h3-9,11-12,24H,2,10,13H2,1H3. The number of halogens is 3. The van der Waals surface area contributed by atoms with Gasteiger partial charge in [-0.2, -0.15) is 13.2 Å². The number of ether oxygens (including phenoxy) is 1. The van der Waals surface area contributed by atoms with Crippen LogP contribution in [0, 0.1) is 0 Å². The molecule has 0 radical (unpaired) electrons. The van der Waals surface area contributed by atoms with Gasteiger partial charge in [0.15, 0.2) is 0 Å². The van der Waals surface area contributed by atoms with Gasteiger partial charge in [-0.1, -0.05) is 19.1 Å². The summed E-state index contributed by atoms with van der Waals surface area (Å²) in [4.78, 5) is 12.6. The average molecular weight is 388 g/mol. The van der Waals surface area contributed by atoms with Crippen LogP contribution in [0.3, 0.4) is 0 Å². The van der Waals surface area contributed by atoms with E-state index >= 15 is 0 Å². The molecule has 0 amide bonds. The lowest BCUT2D eigenvalue weighted by Gasteiger charge is -2.12. The predicted molar refractivity (Wildman–Crippen MR) is 97.7 cm³/mol. The fourth-order valence-corrected chi connectivity index (χ4v) is 2.49. The molecular formula is C20H19F3N4O. The van der Waals surface area contributed by atoms with Crippen molar-refractivity contribution in [2.75, 3.05) is 0 Å². The Hall–Kier alpha value is -3.00. The van der Waals surface area contributed by atoms with Crippen molar-refractivity contribution < 1.29 is 17.9 Å². The molecule has 0 bridgehead atoms. The van der Waals surface area contributed by atoms with Crippen molar-refractivity contribution >= 4 is 0 Å². The van der Waals surface area contributed by atoms with E-state index in [4.69, 9.17) is 4.74 Å². The van der Waals surface area contributed by atoms with Crippen LogP contribution in [0.15, 0.2) is 55.0 Å². The van der Waals surface area contributed by atoms with Crippen molar-refractivity contribution in [1.82, 2.24) is 20.3 Å². The molecule has 0 saturated carbocycles. The van der Waals surface area contributed by atoms with Crippen LogP contribution in [0.2, 0.25) is 0 Å². The summed E-state index contributed by atoms with van der Waals surface area (Å²) in [6.45, 7) is 2.96. The number of pyridine rings is 1. The number of aryl methyl sites for hydroxylation is 1. The zero-order chi connectivity index (χ0) is 20.0. The summed E-state index contributed by atoms with van der Waals surface area (Å²) < 4.78 is 44.2. The summed E-state index contributed by atoms with van der Waals surface area (Å²) in [5, 5.41) is 3.24. The van der Waals surface area contributed by atoms with Crippen LogP contribution >= 0.6 is 0 Å². The van der Waals surface area contributed by atoms with Crippen LogP contribution in [0.5, 0.6) is 11.6 Å². The Morgan fingerprint density at radius 1 is 1.00 bits per heavy atom. The third-order valence-electron chi connectivity index (χ3n) is 3.95. The Morgan fingerprint density at radius 3 is 2.50 bits per heavy atom. The molecule has 28 heavy (non-hydrogen) atoms. The molecular weight excluding hydrogens is 369 g/mol. The summed E-state index contributed by atoms with van der Waals surface area (Å²) in [7, 11) is 0. The summed E-state index contributed by atoms with van der Waals surface area (Å²) in [6.07, 6.45) is 1.41. The van der Waals surface area contributed by atoms with Gasteiger partial charge in [0.25, 0.3) is 0 Å². The minimum absolute atomic E-state index is 0.0818. The monoisotopic (exact) mass is 388 g/mol. The van der Waals surface area contributed by atoms with E-state index in [0.29, 0.717) is 13.1 Å². The normalized spacial score (nSPS) is 11.4. The number of nitrogens with one attached hydrogen (secondary N) is 1. The van der Waals surface area contributed by atoms with Gasteiger partial charge in [-0.05, 0) is 24.3 Å². The molecule has 3 aromatic rings. The van der Waals surface area contributed by atoms with Crippen LogP contribution in [0.1, 0.15) is 29.4 Å². The van der Waals surface area contributed by atoms with E-state index in [2.05, 4.69) is 20.3 Å². The second kappa shape index (κ2) is 8.79. The summed E-state index contributed by atoms with van der Waals surface area (Å²) in [6, 6.07) is 8.28. The van der Waals surface area contributed by atoms with Crippen LogP contribution < -0.4 is 10.1 Å². The fourth-order valence-electron chi connectivity index (χ4n) is 2.49. The first kappa shape index (κ1) is 19.8. The molecule has 3 rings (SSSR count).